The molecule has 1 atom stereocenters. The van der Waals surface area contributed by atoms with Gasteiger partial charge >= 0.3 is 17.9 Å². The van der Waals surface area contributed by atoms with Gasteiger partial charge in [0.15, 0.2) is 6.10 Å². The zero-order valence-corrected chi connectivity index (χ0v) is 42.5. The third-order valence-corrected chi connectivity index (χ3v) is 12.7. The van der Waals surface area contributed by atoms with Gasteiger partial charge in [-0.3, -0.25) is 14.4 Å². The van der Waals surface area contributed by atoms with E-state index in [1.165, 1.54) is 199 Å². The van der Waals surface area contributed by atoms with Gasteiger partial charge in [0.1, 0.15) is 13.2 Å². The minimum Gasteiger partial charge on any atom is -0.462 e. The Hall–Kier alpha value is -1.59. The average molecular weight is 877 g/mol. The standard InChI is InChI=1S/C56H108O6/c1-6-7-8-9-29-38-43-48-56(59)62-53(50-61-55(58)47-42-37-33-28-24-20-16-18-22-26-31-35-40-45-52(4)5)49-60-54(57)46-41-36-32-27-23-19-15-13-11-10-12-14-17-21-25-30-34-39-44-51(2)3/h51-53H,6-50H2,1-5H3/t53-/m1/s1. The molecule has 0 amide bonds. The molecule has 0 radical (unpaired) electrons. The van der Waals surface area contributed by atoms with Crippen molar-refractivity contribution in [1.82, 2.24) is 0 Å². The molecular formula is C56H108O6. The first-order valence-electron chi connectivity index (χ1n) is 27.7. The molecule has 0 aliphatic heterocycles. The first-order chi connectivity index (χ1) is 30.2. The van der Waals surface area contributed by atoms with E-state index in [1.807, 2.05) is 0 Å². The van der Waals surface area contributed by atoms with E-state index in [0.29, 0.717) is 19.3 Å². The van der Waals surface area contributed by atoms with E-state index in [0.717, 1.165) is 69.6 Å². The molecule has 0 spiro atoms. The fourth-order valence-electron chi connectivity index (χ4n) is 8.52. The van der Waals surface area contributed by atoms with Crippen LogP contribution in [0.3, 0.4) is 0 Å². The average Bonchev–Trinajstić information content (AvgIpc) is 3.24. The Labute approximate surface area is 387 Å². The molecule has 0 unspecified atom stereocenters. The normalized spacial score (nSPS) is 12.0. The van der Waals surface area contributed by atoms with Gasteiger partial charge in [0.05, 0.1) is 0 Å². The van der Waals surface area contributed by atoms with E-state index in [9.17, 15) is 14.4 Å². The van der Waals surface area contributed by atoms with Gasteiger partial charge in [-0.15, -0.1) is 0 Å². The predicted molar refractivity (Wildman–Crippen MR) is 266 cm³/mol. The summed E-state index contributed by atoms with van der Waals surface area (Å²) in [6, 6.07) is 0. The topological polar surface area (TPSA) is 78.9 Å². The van der Waals surface area contributed by atoms with E-state index in [2.05, 4.69) is 34.6 Å². The number of carbonyl (C=O) groups is 3. The van der Waals surface area contributed by atoms with Gasteiger partial charge in [-0.25, -0.2) is 0 Å². The smallest absolute Gasteiger partial charge is 0.306 e. The highest BCUT2D eigenvalue weighted by atomic mass is 16.6. The van der Waals surface area contributed by atoms with E-state index in [4.69, 9.17) is 14.2 Å². The summed E-state index contributed by atoms with van der Waals surface area (Å²) in [4.78, 5) is 37.9. The van der Waals surface area contributed by atoms with Gasteiger partial charge in [-0.05, 0) is 31.1 Å². The van der Waals surface area contributed by atoms with Gasteiger partial charge < -0.3 is 14.2 Å². The van der Waals surface area contributed by atoms with Crippen molar-refractivity contribution >= 4 is 17.9 Å². The number of hydrogen-bond donors (Lipinski definition) is 0. The van der Waals surface area contributed by atoms with Crippen LogP contribution in [0, 0.1) is 11.8 Å². The van der Waals surface area contributed by atoms with Crippen LogP contribution in [0.4, 0.5) is 0 Å². The first-order valence-corrected chi connectivity index (χ1v) is 27.7. The number of rotatable bonds is 50. The molecule has 0 aromatic carbocycles. The number of esters is 3. The lowest BCUT2D eigenvalue weighted by Gasteiger charge is -2.18. The summed E-state index contributed by atoms with van der Waals surface area (Å²) >= 11 is 0. The van der Waals surface area contributed by atoms with Crippen LogP contribution >= 0.6 is 0 Å². The van der Waals surface area contributed by atoms with Crippen molar-refractivity contribution in [2.45, 2.75) is 317 Å². The third kappa shape index (κ3) is 49.4. The highest BCUT2D eigenvalue weighted by molar-refractivity contribution is 5.71. The van der Waals surface area contributed by atoms with Crippen LogP contribution in [0.25, 0.3) is 0 Å². The van der Waals surface area contributed by atoms with Crippen LogP contribution in [-0.2, 0) is 28.6 Å². The minimum atomic E-state index is -0.760. The van der Waals surface area contributed by atoms with Gasteiger partial charge in [0.25, 0.3) is 0 Å². The molecule has 0 N–H and O–H groups in total. The molecule has 0 rings (SSSR count). The van der Waals surface area contributed by atoms with Gasteiger partial charge in [-0.1, -0.05) is 272 Å². The van der Waals surface area contributed by atoms with Crippen molar-refractivity contribution in [2.75, 3.05) is 13.2 Å². The molecule has 0 aromatic heterocycles. The lowest BCUT2D eigenvalue weighted by atomic mass is 10.0. The van der Waals surface area contributed by atoms with Crippen molar-refractivity contribution in [1.29, 1.82) is 0 Å². The molecule has 0 fully saturated rings. The Morgan fingerprint density at radius 1 is 0.306 bits per heavy atom. The van der Waals surface area contributed by atoms with Crippen molar-refractivity contribution in [3.8, 4) is 0 Å². The summed E-state index contributed by atoms with van der Waals surface area (Å²) in [5.74, 6) is 0.849. The van der Waals surface area contributed by atoms with E-state index < -0.39 is 6.10 Å². The molecule has 0 aromatic rings. The summed E-state index contributed by atoms with van der Waals surface area (Å²) in [5, 5.41) is 0. The molecule has 0 heterocycles. The van der Waals surface area contributed by atoms with Crippen LogP contribution in [-0.4, -0.2) is 37.2 Å². The molecule has 6 nitrogen and oxygen atoms in total. The number of hydrogen-bond acceptors (Lipinski definition) is 6. The molecule has 6 heteroatoms. The summed E-state index contributed by atoms with van der Waals surface area (Å²) in [5.41, 5.74) is 0. The van der Waals surface area contributed by atoms with Crippen molar-refractivity contribution in [3.63, 3.8) is 0 Å². The zero-order chi connectivity index (χ0) is 45.4. The monoisotopic (exact) mass is 877 g/mol. The minimum absolute atomic E-state index is 0.0636. The number of carbonyl (C=O) groups excluding carboxylic acids is 3. The molecule has 0 aliphatic carbocycles. The van der Waals surface area contributed by atoms with Crippen molar-refractivity contribution < 1.29 is 28.6 Å². The van der Waals surface area contributed by atoms with Crippen LogP contribution in [0.1, 0.15) is 311 Å². The molecule has 62 heavy (non-hydrogen) atoms. The third-order valence-electron chi connectivity index (χ3n) is 12.7. The Balaban J connectivity index is 4.10. The maximum atomic E-state index is 12.7. The lowest BCUT2D eigenvalue weighted by molar-refractivity contribution is -0.167. The largest absolute Gasteiger partial charge is 0.462 e. The fourth-order valence-corrected chi connectivity index (χ4v) is 8.52. The number of unbranched alkanes of at least 4 members (excludes halogenated alkanes) is 35. The first kappa shape index (κ1) is 60.4. The summed E-state index contributed by atoms with van der Waals surface area (Å²) in [6.45, 7) is 11.4. The van der Waals surface area contributed by atoms with Gasteiger partial charge in [0, 0.05) is 19.3 Å². The SMILES string of the molecule is CCCCCCCCCC(=O)O[C@H](COC(=O)CCCCCCCCCCCCCCCCCCCCC(C)C)COC(=O)CCCCCCCCCCCCCCCC(C)C. The highest BCUT2D eigenvalue weighted by Gasteiger charge is 2.19. The quantitative estimate of drug-likeness (QED) is 0.0344. The molecule has 0 bridgehead atoms. The second-order valence-electron chi connectivity index (χ2n) is 20.2. The second kappa shape index (κ2) is 48.9. The predicted octanol–water partition coefficient (Wildman–Crippen LogP) is 18.1. The summed E-state index contributed by atoms with van der Waals surface area (Å²) in [7, 11) is 0. The van der Waals surface area contributed by atoms with Crippen LogP contribution in [0.2, 0.25) is 0 Å². The van der Waals surface area contributed by atoms with E-state index in [-0.39, 0.29) is 31.1 Å². The van der Waals surface area contributed by atoms with Crippen LogP contribution < -0.4 is 0 Å². The van der Waals surface area contributed by atoms with Crippen LogP contribution in [0.5, 0.6) is 0 Å². The maximum absolute atomic E-state index is 12.7. The maximum Gasteiger partial charge on any atom is 0.306 e. The Kier molecular flexibility index (Phi) is 47.6. The van der Waals surface area contributed by atoms with Crippen LogP contribution in [0.15, 0.2) is 0 Å². The molecule has 0 saturated heterocycles. The molecule has 368 valence electrons. The second-order valence-corrected chi connectivity index (χ2v) is 20.2. The Bertz CT molecular complexity index is 947. The lowest BCUT2D eigenvalue weighted by Crippen LogP contribution is -2.30. The van der Waals surface area contributed by atoms with Gasteiger partial charge in [-0.2, -0.15) is 0 Å². The van der Waals surface area contributed by atoms with Crippen molar-refractivity contribution in [2.24, 2.45) is 11.8 Å². The Morgan fingerprint density at radius 2 is 0.532 bits per heavy atom. The highest BCUT2D eigenvalue weighted by Crippen LogP contribution is 2.18. The zero-order valence-electron chi connectivity index (χ0n) is 42.5. The van der Waals surface area contributed by atoms with E-state index >= 15 is 0 Å². The molecule has 0 saturated carbocycles. The number of ether oxygens (including phenoxy) is 3. The van der Waals surface area contributed by atoms with Gasteiger partial charge in [0.2, 0.25) is 0 Å². The van der Waals surface area contributed by atoms with E-state index in [1.54, 1.807) is 0 Å². The summed E-state index contributed by atoms with van der Waals surface area (Å²) < 4.78 is 16.8. The molecule has 0 aliphatic rings. The fraction of sp³-hybridized carbons (Fsp3) is 0.946. The Morgan fingerprint density at radius 3 is 0.790 bits per heavy atom. The summed E-state index contributed by atoms with van der Waals surface area (Å²) in [6.07, 6.45) is 51.1. The van der Waals surface area contributed by atoms with Crippen molar-refractivity contribution in [3.05, 3.63) is 0 Å². The molecular weight excluding hydrogens is 769 g/mol.